The number of hydrogen-bond acceptors (Lipinski definition) is 5. The minimum absolute atomic E-state index is 0.156. The maximum atomic E-state index is 12.6. The highest BCUT2D eigenvalue weighted by Gasteiger charge is 2.27. The molecular weight excluding hydrogens is 404 g/mol. The molecular formula is C22H30N2O5S. The van der Waals surface area contributed by atoms with Gasteiger partial charge in [-0.3, -0.25) is 4.79 Å². The first kappa shape index (κ1) is 22.5. The van der Waals surface area contributed by atoms with Crippen LogP contribution in [0.15, 0.2) is 40.8 Å². The molecule has 1 aromatic carbocycles. The maximum Gasteiger partial charge on any atom is 0.338 e. The fourth-order valence-electron chi connectivity index (χ4n) is 3.74. The van der Waals surface area contributed by atoms with E-state index in [0.717, 1.165) is 32.1 Å². The van der Waals surface area contributed by atoms with Crippen molar-refractivity contribution in [2.75, 3.05) is 19.6 Å². The monoisotopic (exact) mass is 434 g/mol. The molecule has 3 rings (SSSR count). The normalized spacial score (nSPS) is 18.5. The number of esters is 1. The lowest BCUT2D eigenvalue weighted by atomic mass is 9.97. The second kappa shape index (κ2) is 10.2. The van der Waals surface area contributed by atoms with Gasteiger partial charge in [-0.1, -0.05) is 11.6 Å². The van der Waals surface area contributed by atoms with E-state index in [1.807, 2.05) is 0 Å². The van der Waals surface area contributed by atoms with Crippen molar-refractivity contribution in [3.63, 3.8) is 0 Å². The van der Waals surface area contributed by atoms with Crippen molar-refractivity contribution in [3.05, 3.63) is 41.5 Å². The Morgan fingerprint density at radius 1 is 1.10 bits per heavy atom. The lowest BCUT2D eigenvalue weighted by molar-refractivity contribution is -0.129. The van der Waals surface area contributed by atoms with Gasteiger partial charge < -0.3 is 10.1 Å². The Kier molecular flexibility index (Phi) is 7.66. The molecule has 0 saturated carbocycles. The van der Waals surface area contributed by atoms with Gasteiger partial charge in [0.2, 0.25) is 10.0 Å². The van der Waals surface area contributed by atoms with E-state index in [2.05, 4.69) is 11.4 Å². The molecule has 8 heteroatoms. The van der Waals surface area contributed by atoms with Gasteiger partial charge in [-0.25, -0.2) is 13.2 Å². The van der Waals surface area contributed by atoms with E-state index in [-0.39, 0.29) is 16.4 Å². The van der Waals surface area contributed by atoms with Gasteiger partial charge in [-0.2, -0.15) is 4.31 Å². The van der Waals surface area contributed by atoms with Gasteiger partial charge in [-0.05, 0) is 76.1 Å². The average molecular weight is 435 g/mol. The maximum absolute atomic E-state index is 12.6. The molecule has 1 aliphatic heterocycles. The number of carbonyl (C=O) groups is 2. The Labute approximate surface area is 178 Å². The lowest BCUT2D eigenvalue weighted by Crippen LogP contribution is -2.36. The zero-order valence-corrected chi connectivity index (χ0v) is 18.2. The third-order valence-electron chi connectivity index (χ3n) is 5.58. The highest BCUT2D eigenvalue weighted by atomic mass is 32.2. The standard InChI is InChI=1S/C22H30N2O5S/c1-17(21(25)23-14-13-18-7-3-2-4-8-18)29-22(26)19-9-11-20(12-10-19)30(27,28)24-15-5-6-16-24/h7,9-12,17H,2-6,8,13-16H2,1H3,(H,23,25). The quantitative estimate of drug-likeness (QED) is 0.501. The summed E-state index contributed by atoms with van der Waals surface area (Å²) in [6.45, 7) is 3.10. The van der Waals surface area contributed by atoms with Gasteiger partial charge in [-0.15, -0.1) is 0 Å². The molecule has 0 radical (unpaired) electrons. The first-order valence-corrected chi connectivity index (χ1v) is 12.1. The summed E-state index contributed by atoms with van der Waals surface area (Å²) in [6, 6.07) is 5.66. The van der Waals surface area contributed by atoms with Crippen LogP contribution in [0, 0.1) is 0 Å². The molecule has 2 aliphatic rings. The van der Waals surface area contributed by atoms with E-state index < -0.39 is 22.1 Å². The summed E-state index contributed by atoms with van der Waals surface area (Å²) >= 11 is 0. The fourth-order valence-corrected chi connectivity index (χ4v) is 5.26. The third kappa shape index (κ3) is 5.70. The predicted molar refractivity (Wildman–Crippen MR) is 113 cm³/mol. The van der Waals surface area contributed by atoms with Gasteiger partial charge in [0, 0.05) is 19.6 Å². The Balaban J connectivity index is 1.49. The number of amides is 1. The predicted octanol–water partition coefficient (Wildman–Crippen LogP) is 3.02. The van der Waals surface area contributed by atoms with Crippen molar-refractivity contribution >= 4 is 21.9 Å². The lowest BCUT2D eigenvalue weighted by Gasteiger charge is -2.16. The second-order valence-corrected chi connectivity index (χ2v) is 9.77. The molecule has 1 unspecified atom stereocenters. The van der Waals surface area contributed by atoms with Crippen molar-refractivity contribution in [3.8, 4) is 0 Å². The SMILES string of the molecule is CC(OC(=O)c1ccc(S(=O)(=O)N2CCCC2)cc1)C(=O)NCCC1=CCCCC1. The molecule has 30 heavy (non-hydrogen) atoms. The molecule has 1 fully saturated rings. The number of benzene rings is 1. The summed E-state index contributed by atoms with van der Waals surface area (Å²) < 4.78 is 31.8. The van der Waals surface area contributed by atoms with Crippen LogP contribution in [0.1, 0.15) is 62.2 Å². The average Bonchev–Trinajstić information content (AvgIpc) is 3.30. The van der Waals surface area contributed by atoms with Gasteiger partial charge in [0.1, 0.15) is 0 Å². The molecule has 7 nitrogen and oxygen atoms in total. The number of allylic oxidation sites excluding steroid dienone is 1. The summed E-state index contributed by atoms with van der Waals surface area (Å²) in [4.78, 5) is 24.7. The van der Waals surface area contributed by atoms with E-state index in [4.69, 9.17) is 4.74 Å². The van der Waals surface area contributed by atoms with Crippen LogP contribution in [0.2, 0.25) is 0 Å². The van der Waals surface area contributed by atoms with E-state index in [9.17, 15) is 18.0 Å². The van der Waals surface area contributed by atoms with Crippen molar-refractivity contribution in [1.29, 1.82) is 0 Å². The number of rotatable bonds is 8. The summed E-state index contributed by atoms with van der Waals surface area (Å²) in [7, 11) is -3.52. The fraction of sp³-hybridized carbons (Fsp3) is 0.545. The number of nitrogens with zero attached hydrogens (tertiary/aromatic N) is 1. The molecule has 1 heterocycles. The molecule has 1 aromatic rings. The molecule has 1 amide bonds. The molecule has 0 bridgehead atoms. The molecule has 1 aliphatic carbocycles. The van der Waals surface area contributed by atoms with E-state index >= 15 is 0 Å². The molecule has 1 atom stereocenters. The van der Waals surface area contributed by atoms with E-state index in [1.165, 1.54) is 53.9 Å². The minimum Gasteiger partial charge on any atom is -0.449 e. The Morgan fingerprint density at radius 3 is 2.43 bits per heavy atom. The van der Waals surface area contributed by atoms with Gasteiger partial charge in [0.05, 0.1) is 10.5 Å². The summed E-state index contributed by atoms with van der Waals surface area (Å²) in [5.41, 5.74) is 1.58. The van der Waals surface area contributed by atoms with Crippen LogP contribution in [0.3, 0.4) is 0 Å². The highest BCUT2D eigenvalue weighted by molar-refractivity contribution is 7.89. The number of hydrogen-bond donors (Lipinski definition) is 1. The summed E-state index contributed by atoms with van der Waals surface area (Å²) in [5, 5.41) is 2.80. The van der Waals surface area contributed by atoms with Crippen molar-refractivity contribution in [2.24, 2.45) is 0 Å². The highest BCUT2D eigenvalue weighted by Crippen LogP contribution is 2.21. The van der Waals surface area contributed by atoms with Crippen molar-refractivity contribution < 1.29 is 22.7 Å². The van der Waals surface area contributed by atoms with Crippen LogP contribution in [-0.4, -0.2) is 50.3 Å². The summed E-state index contributed by atoms with van der Waals surface area (Å²) in [5.74, 6) is -0.995. The van der Waals surface area contributed by atoms with E-state index in [1.54, 1.807) is 0 Å². The van der Waals surface area contributed by atoms with Crippen molar-refractivity contribution in [1.82, 2.24) is 9.62 Å². The Bertz CT molecular complexity index is 887. The van der Waals surface area contributed by atoms with Crippen LogP contribution < -0.4 is 5.32 Å². The van der Waals surface area contributed by atoms with Crippen LogP contribution in [-0.2, 0) is 19.6 Å². The van der Waals surface area contributed by atoms with Crippen LogP contribution >= 0.6 is 0 Å². The van der Waals surface area contributed by atoms with Gasteiger partial charge in [0.25, 0.3) is 5.91 Å². The minimum atomic E-state index is -3.52. The molecule has 0 aromatic heterocycles. The zero-order valence-electron chi connectivity index (χ0n) is 17.4. The Hall–Kier alpha value is -2.19. The summed E-state index contributed by atoms with van der Waals surface area (Å²) in [6.07, 6.45) is 8.49. The zero-order chi connectivity index (χ0) is 21.6. The van der Waals surface area contributed by atoms with Gasteiger partial charge >= 0.3 is 5.97 Å². The number of sulfonamides is 1. The van der Waals surface area contributed by atoms with Crippen LogP contribution in [0.25, 0.3) is 0 Å². The number of ether oxygens (including phenoxy) is 1. The molecule has 1 saturated heterocycles. The number of nitrogens with one attached hydrogen (secondary N) is 1. The van der Waals surface area contributed by atoms with Crippen LogP contribution in [0.5, 0.6) is 0 Å². The first-order chi connectivity index (χ1) is 14.4. The first-order valence-electron chi connectivity index (χ1n) is 10.6. The Morgan fingerprint density at radius 2 is 1.80 bits per heavy atom. The number of carbonyl (C=O) groups excluding carboxylic acids is 2. The van der Waals surface area contributed by atoms with Crippen molar-refractivity contribution in [2.45, 2.75) is 62.9 Å². The van der Waals surface area contributed by atoms with E-state index in [0.29, 0.717) is 19.6 Å². The van der Waals surface area contributed by atoms with Crippen LogP contribution in [0.4, 0.5) is 0 Å². The second-order valence-electron chi connectivity index (χ2n) is 7.83. The molecule has 1 N–H and O–H groups in total. The largest absolute Gasteiger partial charge is 0.449 e. The third-order valence-corrected chi connectivity index (χ3v) is 7.49. The smallest absolute Gasteiger partial charge is 0.338 e. The molecule has 0 spiro atoms. The van der Waals surface area contributed by atoms with Gasteiger partial charge in [0.15, 0.2) is 6.10 Å². The topological polar surface area (TPSA) is 92.8 Å². The molecule has 164 valence electrons.